The highest BCUT2D eigenvalue weighted by Crippen LogP contribution is 2.56. The molecule has 0 radical (unpaired) electrons. The molecule has 132 valence electrons. The second kappa shape index (κ2) is 6.48. The molecule has 1 spiro atoms. The number of piperidine rings is 1. The Morgan fingerprint density at radius 3 is 3.04 bits per heavy atom. The zero-order chi connectivity index (χ0) is 16.6. The lowest BCUT2D eigenvalue weighted by Crippen LogP contribution is -2.44. The molecule has 24 heavy (non-hydrogen) atoms. The van der Waals surface area contributed by atoms with Gasteiger partial charge in [-0.05, 0) is 57.5 Å². The van der Waals surface area contributed by atoms with Crippen LogP contribution in [-0.2, 0) is 22.6 Å². The van der Waals surface area contributed by atoms with Crippen LogP contribution in [0.5, 0.6) is 0 Å². The van der Waals surface area contributed by atoms with Crippen molar-refractivity contribution in [3.8, 4) is 0 Å². The summed E-state index contributed by atoms with van der Waals surface area (Å²) in [5.74, 6) is 1.17. The molecule has 3 fully saturated rings. The summed E-state index contributed by atoms with van der Waals surface area (Å²) in [7, 11) is 0. The van der Waals surface area contributed by atoms with Crippen LogP contribution in [-0.4, -0.2) is 52.2 Å². The van der Waals surface area contributed by atoms with Crippen LogP contribution < -0.4 is 5.32 Å². The number of carbonyl (C=O) groups excluding carboxylic acids is 1. The third-order valence-corrected chi connectivity index (χ3v) is 6.06. The second-order valence-corrected chi connectivity index (χ2v) is 7.43. The quantitative estimate of drug-likeness (QED) is 0.889. The Morgan fingerprint density at radius 1 is 1.50 bits per heavy atom. The molecule has 6 heteroatoms. The topological polar surface area (TPSA) is 59.4 Å². The predicted octanol–water partition coefficient (Wildman–Crippen LogP) is 1.55. The number of rotatable bonds is 5. The Hall–Kier alpha value is -1.40. The third kappa shape index (κ3) is 2.86. The van der Waals surface area contributed by atoms with Crippen LogP contribution in [0, 0.1) is 5.41 Å². The number of imidazole rings is 1. The van der Waals surface area contributed by atoms with Crippen LogP contribution in [0.3, 0.4) is 0 Å². The molecule has 3 heterocycles. The molecule has 2 atom stereocenters. The summed E-state index contributed by atoms with van der Waals surface area (Å²) in [5.41, 5.74) is 0.336. The molecule has 2 aliphatic heterocycles. The number of ether oxygens (including phenoxy) is 1. The number of hydrogen-bond donors (Lipinski definition) is 1. The number of amides is 1. The molecule has 1 aromatic heterocycles. The average Bonchev–Trinajstić information content (AvgIpc) is 3.05. The van der Waals surface area contributed by atoms with Crippen molar-refractivity contribution in [3.05, 3.63) is 18.2 Å². The molecule has 1 aromatic rings. The Balaban J connectivity index is 1.54. The minimum absolute atomic E-state index is 0.179. The SMILES string of the molecule is CCn1ccnc1CN(C(=O)C1CCCO1)C1CC12CCNCC2. The summed E-state index contributed by atoms with van der Waals surface area (Å²) in [6.45, 7) is 6.47. The smallest absolute Gasteiger partial charge is 0.252 e. The van der Waals surface area contributed by atoms with Crippen LogP contribution in [0.25, 0.3) is 0 Å². The van der Waals surface area contributed by atoms with Gasteiger partial charge in [-0.1, -0.05) is 0 Å². The van der Waals surface area contributed by atoms with Crippen molar-refractivity contribution >= 4 is 5.91 Å². The largest absolute Gasteiger partial charge is 0.368 e. The Morgan fingerprint density at radius 2 is 2.33 bits per heavy atom. The van der Waals surface area contributed by atoms with E-state index in [4.69, 9.17) is 4.74 Å². The van der Waals surface area contributed by atoms with Gasteiger partial charge in [0.15, 0.2) is 0 Å². The van der Waals surface area contributed by atoms with Crippen LogP contribution in [0.1, 0.15) is 44.9 Å². The molecule has 2 unspecified atom stereocenters. The lowest BCUT2D eigenvalue weighted by atomic mass is 9.93. The standard InChI is InChI=1S/C18H28N4O2/c1-2-21-10-9-20-16(21)13-22(17(23)14-4-3-11-24-14)15-12-18(15)5-7-19-8-6-18/h9-10,14-15,19H,2-8,11-13H2,1H3. The highest BCUT2D eigenvalue weighted by molar-refractivity contribution is 5.82. The van der Waals surface area contributed by atoms with E-state index in [9.17, 15) is 4.79 Å². The van der Waals surface area contributed by atoms with Gasteiger partial charge in [0, 0.05) is 31.6 Å². The van der Waals surface area contributed by atoms with Gasteiger partial charge >= 0.3 is 0 Å². The first kappa shape index (κ1) is 16.1. The number of aromatic nitrogens is 2. The summed E-state index contributed by atoms with van der Waals surface area (Å²) in [6.07, 6.45) is 8.93. The van der Waals surface area contributed by atoms with E-state index in [0.717, 1.165) is 44.7 Å². The molecule has 1 N–H and O–H groups in total. The Labute approximate surface area is 143 Å². The molecule has 0 aromatic carbocycles. The molecule has 1 amide bonds. The highest BCUT2D eigenvalue weighted by atomic mass is 16.5. The van der Waals surface area contributed by atoms with Gasteiger partial charge in [-0.15, -0.1) is 0 Å². The lowest BCUT2D eigenvalue weighted by molar-refractivity contribution is -0.143. The Kier molecular flexibility index (Phi) is 4.35. The van der Waals surface area contributed by atoms with E-state index < -0.39 is 0 Å². The minimum atomic E-state index is -0.241. The van der Waals surface area contributed by atoms with Crippen molar-refractivity contribution in [1.29, 1.82) is 0 Å². The van der Waals surface area contributed by atoms with Crippen molar-refractivity contribution in [1.82, 2.24) is 19.8 Å². The van der Waals surface area contributed by atoms with E-state index >= 15 is 0 Å². The number of aryl methyl sites for hydroxylation is 1. The zero-order valence-corrected chi connectivity index (χ0v) is 14.5. The molecule has 0 bridgehead atoms. The van der Waals surface area contributed by atoms with Crippen LogP contribution in [0.15, 0.2) is 12.4 Å². The highest BCUT2D eigenvalue weighted by Gasteiger charge is 2.58. The number of hydrogen-bond acceptors (Lipinski definition) is 4. The third-order valence-electron chi connectivity index (χ3n) is 6.06. The van der Waals surface area contributed by atoms with E-state index in [1.807, 2.05) is 12.4 Å². The summed E-state index contributed by atoms with van der Waals surface area (Å²) < 4.78 is 7.83. The van der Waals surface area contributed by atoms with Gasteiger partial charge in [0.25, 0.3) is 5.91 Å². The van der Waals surface area contributed by atoms with E-state index in [2.05, 4.69) is 26.7 Å². The Bertz CT molecular complexity index is 588. The van der Waals surface area contributed by atoms with E-state index in [-0.39, 0.29) is 12.0 Å². The van der Waals surface area contributed by atoms with Crippen molar-refractivity contribution in [2.24, 2.45) is 5.41 Å². The van der Waals surface area contributed by atoms with E-state index in [1.165, 1.54) is 12.8 Å². The van der Waals surface area contributed by atoms with Gasteiger partial charge in [-0.2, -0.15) is 0 Å². The maximum absolute atomic E-state index is 13.1. The molecule has 2 saturated heterocycles. The average molecular weight is 332 g/mol. The molecular weight excluding hydrogens is 304 g/mol. The normalized spacial score (nSPS) is 28.2. The predicted molar refractivity (Wildman–Crippen MR) is 90.4 cm³/mol. The van der Waals surface area contributed by atoms with Crippen molar-refractivity contribution in [2.45, 2.75) is 64.3 Å². The molecule has 3 aliphatic rings. The van der Waals surface area contributed by atoms with Crippen molar-refractivity contribution < 1.29 is 9.53 Å². The maximum Gasteiger partial charge on any atom is 0.252 e. The fourth-order valence-electron chi connectivity index (χ4n) is 4.46. The summed E-state index contributed by atoms with van der Waals surface area (Å²) >= 11 is 0. The van der Waals surface area contributed by atoms with E-state index in [1.54, 1.807) is 0 Å². The fourth-order valence-corrected chi connectivity index (χ4v) is 4.46. The number of nitrogens with zero attached hydrogens (tertiary/aromatic N) is 3. The van der Waals surface area contributed by atoms with Gasteiger partial charge < -0.3 is 19.5 Å². The van der Waals surface area contributed by atoms with E-state index in [0.29, 0.717) is 24.6 Å². The van der Waals surface area contributed by atoms with Crippen molar-refractivity contribution in [3.63, 3.8) is 0 Å². The van der Waals surface area contributed by atoms with Gasteiger partial charge in [0.2, 0.25) is 0 Å². The first-order chi connectivity index (χ1) is 11.7. The molecule has 6 nitrogen and oxygen atoms in total. The van der Waals surface area contributed by atoms with Crippen LogP contribution in [0.4, 0.5) is 0 Å². The van der Waals surface area contributed by atoms with Gasteiger partial charge in [0.1, 0.15) is 11.9 Å². The number of nitrogens with one attached hydrogen (secondary N) is 1. The molecule has 1 saturated carbocycles. The fraction of sp³-hybridized carbons (Fsp3) is 0.778. The summed E-state index contributed by atoms with van der Waals surface area (Å²) in [5, 5.41) is 3.44. The zero-order valence-electron chi connectivity index (χ0n) is 14.5. The number of carbonyl (C=O) groups is 1. The minimum Gasteiger partial charge on any atom is -0.368 e. The molecular formula is C18H28N4O2. The summed E-state index contributed by atoms with van der Waals surface area (Å²) in [4.78, 5) is 19.7. The van der Waals surface area contributed by atoms with Crippen LogP contribution in [0.2, 0.25) is 0 Å². The first-order valence-corrected chi connectivity index (χ1v) is 9.36. The van der Waals surface area contributed by atoms with Gasteiger partial charge in [-0.25, -0.2) is 4.98 Å². The van der Waals surface area contributed by atoms with Crippen LogP contribution >= 0.6 is 0 Å². The van der Waals surface area contributed by atoms with Gasteiger partial charge in [-0.3, -0.25) is 4.79 Å². The summed E-state index contributed by atoms with van der Waals surface area (Å²) in [6, 6.07) is 0.360. The molecule has 1 aliphatic carbocycles. The molecule has 4 rings (SSSR count). The monoisotopic (exact) mass is 332 g/mol. The van der Waals surface area contributed by atoms with Gasteiger partial charge in [0.05, 0.1) is 6.54 Å². The first-order valence-electron chi connectivity index (χ1n) is 9.36. The second-order valence-electron chi connectivity index (χ2n) is 7.43. The lowest BCUT2D eigenvalue weighted by Gasteiger charge is -2.31. The van der Waals surface area contributed by atoms with Crippen molar-refractivity contribution in [2.75, 3.05) is 19.7 Å². The maximum atomic E-state index is 13.1.